The minimum absolute atomic E-state index is 0.106. The molecule has 45 heavy (non-hydrogen) atoms. The molecular weight excluding hydrogens is 603 g/mol. The molecule has 2 amide bonds. The highest BCUT2D eigenvalue weighted by atomic mass is 35.5. The number of halogens is 4. The number of amides is 2. The van der Waals surface area contributed by atoms with Gasteiger partial charge in [0, 0.05) is 49.3 Å². The normalized spacial score (nSPS) is 27.8. The summed E-state index contributed by atoms with van der Waals surface area (Å²) in [5.74, 6) is 2.14. The van der Waals surface area contributed by atoms with Crippen molar-refractivity contribution in [3.8, 4) is 0 Å². The van der Waals surface area contributed by atoms with Crippen molar-refractivity contribution in [2.24, 2.45) is 17.8 Å². The number of hydrogen-bond donors (Lipinski definition) is 1. The summed E-state index contributed by atoms with van der Waals surface area (Å²) in [7, 11) is 2.13. The fraction of sp³-hybridized carbons (Fsp3) is 0.485. The lowest BCUT2D eigenvalue weighted by Crippen LogP contribution is -2.60. The van der Waals surface area contributed by atoms with Crippen LogP contribution in [-0.2, 0) is 12.7 Å². The van der Waals surface area contributed by atoms with Crippen LogP contribution in [0.1, 0.15) is 43.2 Å². The average molecular weight is 638 g/mol. The molecule has 0 spiro atoms. The minimum Gasteiger partial charge on any atom is -0.369 e. The summed E-state index contributed by atoms with van der Waals surface area (Å²) in [4.78, 5) is 31.7. The van der Waals surface area contributed by atoms with Gasteiger partial charge in [-0.2, -0.15) is 18.2 Å². The molecule has 2 unspecified atom stereocenters. The minimum atomic E-state index is -4.68. The van der Waals surface area contributed by atoms with Crippen LogP contribution in [0.4, 0.5) is 46.8 Å². The van der Waals surface area contributed by atoms with E-state index in [1.54, 1.807) is 11.1 Å². The molecule has 4 saturated carbocycles. The van der Waals surface area contributed by atoms with Gasteiger partial charge in [-0.15, -0.1) is 0 Å². The molecule has 12 heteroatoms. The molecule has 6 aliphatic rings. The zero-order chi connectivity index (χ0) is 31.1. The van der Waals surface area contributed by atoms with E-state index in [1.165, 1.54) is 17.0 Å². The molecule has 1 saturated heterocycles. The second-order valence-electron chi connectivity index (χ2n) is 13.5. The molecule has 2 aliphatic heterocycles. The number of rotatable bonds is 5. The van der Waals surface area contributed by atoms with E-state index in [-0.39, 0.29) is 17.3 Å². The smallest absolute Gasteiger partial charge is 0.369 e. The number of alkyl halides is 3. The summed E-state index contributed by atoms with van der Waals surface area (Å²) in [5, 5.41) is 3.19. The Morgan fingerprint density at radius 3 is 2.38 bits per heavy atom. The van der Waals surface area contributed by atoms with Gasteiger partial charge in [-0.25, -0.2) is 9.78 Å². The number of carbonyl (C=O) groups is 1. The number of nitrogens with one attached hydrogen (secondary N) is 1. The first-order valence-corrected chi connectivity index (χ1v) is 16.1. The third kappa shape index (κ3) is 4.81. The molecule has 2 atom stereocenters. The van der Waals surface area contributed by atoms with Crippen LogP contribution in [0.2, 0.25) is 5.02 Å². The van der Waals surface area contributed by atoms with Crippen molar-refractivity contribution in [3.05, 3.63) is 64.8 Å². The molecule has 8 nitrogen and oxygen atoms in total. The molecule has 236 valence electrons. The van der Waals surface area contributed by atoms with E-state index in [0.717, 1.165) is 75.7 Å². The molecule has 1 N–H and O–H groups in total. The monoisotopic (exact) mass is 637 g/mol. The van der Waals surface area contributed by atoms with Gasteiger partial charge in [0.25, 0.3) is 0 Å². The number of fused-ring (bicyclic) bond motifs is 1. The Balaban J connectivity index is 1.16. The quantitative estimate of drug-likeness (QED) is 0.320. The Bertz CT molecular complexity index is 1630. The van der Waals surface area contributed by atoms with Crippen LogP contribution < -0.4 is 20.0 Å². The summed E-state index contributed by atoms with van der Waals surface area (Å²) < 4.78 is 42.7. The largest absolute Gasteiger partial charge is 0.418 e. The number of carbonyl (C=O) groups excluding carboxylic acids is 1. The van der Waals surface area contributed by atoms with Crippen LogP contribution in [0.3, 0.4) is 0 Å². The zero-order valence-electron chi connectivity index (χ0n) is 25.0. The van der Waals surface area contributed by atoms with Crippen molar-refractivity contribution in [3.63, 3.8) is 0 Å². The zero-order valence-corrected chi connectivity index (χ0v) is 25.8. The van der Waals surface area contributed by atoms with E-state index >= 15 is 0 Å². The maximum Gasteiger partial charge on any atom is 0.418 e. The van der Waals surface area contributed by atoms with Crippen molar-refractivity contribution in [2.45, 2.75) is 50.4 Å². The predicted octanol–water partition coefficient (Wildman–Crippen LogP) is 7.17. The molecule has 1 aromatic heterocycles. The van der Waals surface area contributed by atoms with Crippen molar-refractivity contribution in [1.82, 2.24) is 14.9 Å². The maximum absolute atomic E-state index is 14.6. The Morgan fingerprint density at radius 1 is 0.978 bits per heavy atom. The van der Waals surface area contributed by atoms with Crippen LogP contribution in [0.25, 0.3) is 0 Å². The highest BCUT2D eigenvalue weighted by molar-refractivity contribution is 6.34. The second kappa shape index (κ2) is 10.5. The van der Waals surface area contributed by atoms with Gasteiger partial charge in [0.15, 0.2) is 0 Å². The van der Waals surface area contributed by atoms with Crippen molar-refractivity contribution >= 4 is 46.5 Å². The van der Waals surface area contributed by atoms with Crippen LogP contribution >= 0.6 is 11.6 Å². The number of anilines is 5. The summed E-state index contributed by atoms with van der Waals surface area (Å²) in [6.45, 7) is 3.88. The number of piperazine rings is 1. The SMILES string of the molecule is CN1CCN(c2ccc(Nc3ncc4c(n3)N(C35CC6CC(CC3C6)C5)C(=O)N(c3c(Cl)cccc3C(F)(F)F)C4)cc2)CC1. The molecule has 2 aromatic carbocycles. The van der Waals surface area contributed by atoms with Crippen molar-refractivity contribution < 1.29 is 18.0 Å². The number of likely N-dealkylation sites (N-methyl/N-ethyl adjacent to an activating group) is 1. The van der Waals surface area contributed by atoms with Gasteiger partial charge in [0.05, 0.1) is 28.4 Å². The number of hydrogen-bond acceptors (Lipinski definition) is 6. The number of aromatic nitrogens is 2. The molecule has 4 bridgehead atoms. The van der Waals surface area contributed by atoms with Crippen LogP contribution in [0.5, 0.6) is 0 Å². The van der Waals surface area contributed by atoms with Gasteiger partial charge in [-0.1, -0.05) is 17.7 Å². The maximum atomic E-state index is 14.6. The summed E-state index contributed by atoms with van der Waals surface area (Å²) in [5.41, 5.74) is 0.839. The Kier molecular flexibility index (Phi) is 6.73. The van der Waals surface area contributed by atoms with Crippen molar-refractivity contribution in [1.29, 1.82) is 0 Å². The molecule has 0 radical (unpaired) electrons. The first-order valence-electron chi connectivity index (χ1n) is 15.7. The van der Waals surface area contributed by atoms with Crippen LogP contribution in [0.15, 0.2) is 48.7 Å². The molecular formula is C33H35ClF3N7O. The van der Waals surface area contributed by atoms with E-state index in [4.69, 9.17) is 16.6 Å². The third-order valence-electron chi connectivity index (χ3n) is 10.8. The van der Waals surface area contributed by atoms with Gasteiger partial charge in [-0.3, -0.25) is 9.80 Å². The molecule has 9 rings (SSSR count). The topological polar surface area (TPSA) is 67.8 Å². The number of nitrogens with zero attached hydrogens (tertiary/aromatic N) is 6. The predicted molar refractivity (Wildman–Crippen MR) is 168 cm³/mol. The lowest BCUT2D eigenvalue weighted by molar-refractivity contribution is -0.137. The van der Waals surface area contributed by atoms with E-state index in [9.17, 15) is 18.0 Å². The highest BCUT2D eigenvalue weighted by Crippen LogP contribution is 2.64. The lowest BCUT2D eigenvalue weighted by Gasteiger charge is -2.48. The third-order valence-corrected chi connectivity index (χ3v) is 11.1. The summed E-state index contributed by atoms with van der Waals surface area (Å²) in [6, 6.07) is 11.3. The number of benzene rings is 2. The standard InChI is InChI=1S/C33H35ClF3N7O/c1-41-9-11-42(12-10-41)25-7-5-24(6-8-25)39-30-38-18-22-19-43(28-26(33(35,36)37)3-2-4-27(28)34)31(45)44(29(22)40-30)32-16-20-13-21(17-32)15-23(32)14-20/h2-8,18,20-21,23H,9-17,19H2,1H3,(H,38,39,40). The van der Waals surface area contributed by atoms with E-state index in [2.05, 4.69) is 39.3 Å². The van der Waals surface area contributed by atoms with Gasteiger partial charge in [0.1, 0.15) is 5.82 Å². The first-order chi connectivity index (χ1) is 21.6. The lowest BCUT2D eigenvalue weighted by atomic mass is 9.79. The van der Waals surface area contributed by atoms with Crippen molar-refractivity contribution in [2.75, 3.05) is 53.2 Å². The summed E-state index contributed by atoms with van der Waals surface area (Å²) >= 11 is 6.43. The number of urea groups is 1. The molecule has 4 aliphatic carbocycles. The summed E-state index contributed by atoms with van der Waals surface area (Å²) in [6.07, 6.45) is 1.84. The van der Waals surface area contributed by atoms with Gasteiger partial charge < -0.3 is 15.1 Å². The van der Waals surface area contributed by atoms with Crippen LogP contribution in [0, 0.1) is 17.8 Å². The van der Waals surface area contributed by atoms with Gasteiger partial charge in [0.2, 0.25) is 5.95 Å². The van der Waals surface area contributed by atoms with E-state index < -0.39 is 23.3 Å². The Labute approximate surface area is 265 Å². The number of para-hydroxylation sites is 1. The fourth-order valence-corrected chi connectivity index (χ4v) is 9.15. The van der Waals surface area contributed by atoms with Gasteiger partial charge >= 0.3 is 12.2 Å². The molecule has 5 fully saturated rings. The molecule has 3 heterocycles. The second-order valence-corrected chi connectivity index (χ2v) is 13.9. The Hall–Kier alpha value is -3.57. The first kappa shape index (κ1) is 28.9. The molecule has 3 aromatic rings. The van der Waals surface area contributed by atoms with E-state index in [0.29, 0.717) is 35.1 Å². The van der Waals surface area contributed by atoms with Crippen LogP contribution in [-0.4, -0.2) is 59.7 Å². The fourth-order valence-electron chi connectivity index (χ4n) is 8.87. The Morgan fingerprint density at radius 2 is 1.69 bits per heavy atom. The average Bonchev–Trinajstić information content (AvgIpc) is 3.40. The van der Waals surface area contributed by atoms with E-state index in [1.807, 2.05) is 12.1 Å². The van der Waals surface area contributed by atoms with Gasteiger partial charge in [-0.05, 0) is 93.3 Å². The highest BCUT2D eigenvalue weighted by Gasteiger charge is 2.63.